The molecule has 0 heterocycles. The first-order valence-electron chi connectivity index (χ1n) is 34.4. The van der Waals surface area contributed by atoms with Gasteiger partial charge < -0.3 is 14.2 Å². The Kier molecular flexibility index (Phi) is 64.7. The minimum Gasteiger partial charge on any atom is -0.462 e. The van der Waals surface area contributed by atoms with E-state index in [4.69, 9.17) is 14.2 Å². The van der Waals surface area contributed by atoms with Crippen molar-refractivity contribution >= 4 is 17.9 Å². The topological polar surface area (TPSA) is 78.9 Å². The molecule has 0 radical (unpaired) electrons. The molecule has 0 bridgehead atoms. The number of hydrogen-bond acceptors (Lipinski definition) is 6. The van der Waals surface area contributed by atoms with Gasteiger partial charge in [-0.3, -0.25) is 14.4 Å². The Morgan fingerprint density at radius 1 is 0.266 bits per heavy atom. The van der Waals surface area contributed by atoms with Gasteiger partial charge in [-0.05, 0) is 70.6 Å². The van der Waals surface area contributed by atoms with Crippen LogP contribution in [0, 0.1) is 0 Å². The first kappa shape index (κ1) is 75.8. The largest absolute Gasteiger partial charge is 0.462 e. The van der Waals surface area contributed by atoms with Gasteiger partial charge in [-0.15, -0.1) is 0 Å². The molecule has 0 aliphatic rings. The number of unbranched alkanes of at least 4 members (excludes halogenated alkanes) is 40. The van der Waals surface area contributed by atoms with Gasteiger partial charge in [0.2, 0.25) is 0 Å². The summed E-state index contributed by atoms with van der Waals surface area (Å²) >= 11 is 0. The molecule has 0 rings (SSSR count). The third-order valence-corrected chi connectivity index (χ3v) is 15.2. The first-order valence-corrected chi connectivity index (χ1v) is 34.4. The van der Waals surface area contributed by atoms with E-state index >= 15 is 0 Å². The van der Waals surface area contributed by atoms with E-state index in [-0.39, 0.29) is 31.1 Å². The van der Waals surface area contributed by atoms with Gasteiger partial charge in [0.1, 0.15) is 13.2 Å². The number of rotatable bonds is 63. The van der Waals surface area contributed by atoms with Crippen molar-refractivity contribution in [1.29, 1.82) is 0 Å². The average Bonchev–Trinajstić information content (AvgIpc) is 3.45. The van der Waals surface area contributed by atoms with Crippen LogP contribution in [0.25, 0.3) is 0 Å². The van der Waals surface area contributed by atoms with Crippen LogP contribution in [0.4, 0.5) is 0 Å². The SMILES string of the molecule is CC/C=C\C/C=C\C/C=C\C/C=C\C/C=C\C/C=C\CCCCCCC(=O)OC(COC(=O)CCCCCCCCCCCCCCCC)COC(=O)CCCCCCCCCCCCCCCCCCCCCCCCCC. The lowest BCUT2D eigenvalue weighted by Crippen LogP contribution is -2.30. The first-order chi connectivity index (χ1) is 39.0. The molecule has 0 aromatic carbocycles. The fraction of sp³-hybridized carbons (Fsp3) is 0.795. The molecule has 1 unspecified atom stereocenters. The lowest BCUT2D eigenvalue weighted by Gasteiger charge is -2.18. The second-order valence-corrected chi connectivity index (χ2v) is 23.1. The van der Waals surface area contributed by atoms with E-state index in [2.05, 4.69) is 93.7 Å². The molecule has 0 aliphatic carbocycles. The van der Waals surface area contributed by atoms with Crippen LogP contribution in [0.3, 0.4) is 0 Å². The Labute approximate surface area is 491 Å². The molecule has 1 atom stereocenters. The van der Waals surface area contributed by atoms with E-state index < -0.39 is 6.10 Å². The highest BCUT2D eigenvalue weighted by Crippen LogP contribution is 2.18. The third kappa shape index (κ3) is 65.5. The van der Waals surface area contributed by atoms with Crippen LogP contribution in [0.1, 0.15) is 355 Å². The number of carbonyl (C=O) groups excluding carboxylic acids is 3. The lowest BCUT2D eigenvalue weighted by atomic mass is 10.0. The molecule has 0 saturated heterocycles. The smallest absolute Gasteiger partial charge is 0.306 e. The van der Waals surface area contributed by atoms with E-state index in [1.54, 1.807) is 0 Å². The standard InChI is InChI=1S/C73H130O6/c1-4-7-10-13-16-19-22-25-28-30-32-34-36-38-39-41-43-45-48-51-54-57-60-63-66-72(75)78-69-70(68-77-71(74)65-62-59-56-53-50-47-27-24-21-18-15-12-9-6-3)79-73(76)67-64-61-58-55-52-49-46-44-42-40-37-35-33-31-29-26-23-20-17-14-11-8-5-2/h8,11,17,20,26,29,33,35,40,42,46,49,70H,4-7,9-10,12-16,18-19,21-25,27-28,30-32,34,36-39,41,43-45,47-48,50-69H2,1-3H3/b11-8-,20-17-,29-26-,35-33-,42-40-,49-46-. The third-order valence-electron chi connectivity index (χ3n) is 15.2. The average molecular weight is 1100 g/mol. The van der Waals surface area contributed by atoms with Crippen molar-refractivity contribution in [2.75, 3.05) is 13.2 Å². The van der Waals surface area contributed by atoms with Crippen LogP contribution < -0.4 is 0 Å². The maximum atomic E-state index is 12.9. The molecule has 0 aromatic heterocycles. The van der Waals surface area contributed by atoms with Crippen LogP contribution in [0.2, 0.25) is 0 Å². The van der Waals surface area contributed by atoms with Crippen molar-refractivity contribution in [1.82, 2.24) is 0 Å². The number of ether oxygens (including phenoxy) is 3. The van der Waals surface area contributed by atoms with Gasteiger partial charge in [-0.2, -0.15) is 0 Å². The molecule has 6 heteroatoms. The Bertz CT molecular complexity index is 1450. The van der Waals surface area contributed by atoms with E-state index in [9.17, 15) is 14.4 Å². The monoisotopic (exact) mass is 1100 g/mol. The zero-order valence-corrected chi connectivity index (χ0v) is 52.6. The summed E-state index contributed by atoms with van der Waals surface area (Å²) in [6.45, 7) is 6.56. The molecule has 6 nitrogen and oxygen atoms in total. The maximum Gasteiger partial charge on any atom is 0.306 e. The van der Waals surface area contributed by atoms with Gasteiger partial charge >= 0.3 is 17.9 Å². The summed E-state index contributed by atoms with van der Waals surface area (Å²) in [6, 6.07) is 0. The van der Waals surface area contributed by atoms with Gasteiger partial charge in [0, 0.05) is 19.3 Å². The molecule has 0 amide bonds. The van der Waals surface area contributed by atoms with Crippen molar-refractivity contribution in [3.8, 4) is 0 Å². The Hall–Kier alpha value is -3.15. The number of carbonyl (C=O) groups is 3. The number of hydrogen-bond donors (Lipinski definition) is 0. The summed E-state index contributed by atoms with van der Waals surface area (Å²) in [5.41, 5.74) is 0. The lowest BCUT2D eigenvalue weighted by molar-refractivity contribution is -0.167. The van der Waals surface area contributed by atoms with E-state index in [1.165, 1.54) is 205 Å². The second-order valence-electron chi connectivity index (χ2n) is 23.1. The highest BCUT2D eigenvalue weighted by atomic mass is 16.6. The van der Waals surface area contributed by atoms with Gasteiger partial charge in [-0.25, -0.2) is 0 Å². The molecule has 0 saturated carbocycles. The Morgan fingerprint density at radius 3 is 0.772 bits per heavy atom. The van der Waals surface area contributed by atoms with Crippen molar-refractivity contribution in [2.24, 2.45) is 0 Å². The van der Waals surface area contributed by atoms with Crippen LogP contribution >= 0.6 is 0 Å². The zero-order valence-electron chi connectivity index (χ0n) is 52.6. The fourth-order valence-electron chi connectivity index (χ4n) is 10.1. The number of esters is 3. The van der Waals surface area contributed by atoms with Crippen molar-refractivity contribution < 1.29 is 28.6 Å². The van der Waals surface area contributed by atoms with Crippen molar-refractivity contribution in [2.45, 2.75) is 361 Å². The van der Waals surface area contributed by atoms with Crippen LogP contribution in [0.5, 0.6) is 0 Å². The van der Waals surface area contributed by atoms with Crippen molar-refractivity contribution in [3.63, 3.8) is 0 Å². The van der Waals surface area contributed by atoms with E-state index in [0.29, 0.717) is 19.3 Å². The predicted octanol–water partition coefficient (Wildman–Crippen LogP) is 23.7. The molecular formula is C73H130O6. The van der Waals surface area contributed by atoms with Gasteiger partial charge in [0.05, 0.1) is 0 Å². The van der Waals surface area contributed by atoms with Crippen molar-refractivity contribution in [3.05, 3.63) is 72.9 Å². The summed E-state index contributed by atoms with van der Waals surface area (Å²) < 4.78 is 17.0. The summed E-state index contributed by atoms with van der Waals surface area (Å²) in [5, 5.41) is 0. The highest BCUT2D eigenvalue weighted by Gasteiger charge is 2.19. The van der Waals surface area contributed by atoms with E-state index in [0.717, 1.165) is 109 Å². The van der Waals surface area contributed by atoms with Gasteiger partial charge in [0.15, 0.2) is 6.10 Å². The highest BCUT2D eigenvalue weighted by molar-refractivity contribution is 5.71. The maximum absolute atomic E-state index is 12.9. The normalized spacial score (nSPS) is 12.5. The minimum atomic E-state index is -0.788. The van der Waals surface area contributed by atoms with Gasteiger partial charge in [0.25, 0.3) is 0 Å². The second kappa shape index (κ2) is 67.4. The van der Waals surface area contributed by atoms with Gasteiger partial charge in [-0.1, -0.05) is 338 Å². The zero-order chi connectivity index (χ0) is 57.1. The molecule has 0 N–H and O–H groups in total. The summed E-state index contributed by atoms with van der Waals surface area (Å²) in [7, 11) is 0. The molecule has 0 fully saturated rings. The molecule has 458 valence electrons. The molecule has 0 aromatic rings. The van der Waals surface area contributed by atoms with Crippen LogP contribution in [-0.4, -0.2) is 37.2 Å². The minimum absolute atomic E-state index is 0.0813. The summed E-state index contributed by atoms with van der Waals surface area (Å²) in [5.74, 6) is -0.884. The summed E-state index contributed by atoms with van der Waals surface area (Å²) in [4.78, 5) is 38.4. The Morgan fingerprint density at radius 2 is 0.494 bits per heavy atom. The van der Waals surface area contributed by atoms with E-state index in [1.807, 2.05) is 0 Å². The molecule has 0 spiro atoms. The quantitative estimate of drug-likeness (QED) is 0.0261. The van der Waals surface area contributed by atoms with Crippen LogP contribution in [0.15, 0.2) is 72.9 Å². The fourth-order valence-corrected chi connectivity index (χ4v) is 10.1. The van der Waals surface area contributed by atoms with Crippen LogP contribution in [-0.2, 0) is 28.6 Å². The Balaban J connectivity index is 4.34. The molecule has 0 aliphatic heterocycles. The molecular weight excluding hydrogens is 973 g/mol. The number of allylic oxidation sites excluding steroid dienone is 12. The molecule has 79 heavy (non-hydrogen) atoms. The predicted molar refractivity (Wildman–Crippen MR) is 344 cm³/mol. The summed E-state index contributed by atoms with van der Waals surface area (Å²) in [6.07, 6.45) is 87.8.